The summed E-state index contributed by atoms with van der Waals surface area (Å²) < 4.78 is 0. The first-order chi connectivity index (χ1) is 14.8. The molecule has 0 saturated heterocycles. The molecule has 30 heavy (non-hydrogen) atoms. The van der Waals surface area contributed by atoms with Crippen molar-refractivity contribution >= 4 is 28.7 Å². The second-order valence-corrected chi connectivity index (χ2v) is 7.76. The summed E-state index contributed by atoms with van der Waals surface area (Å²) in [7, 11) is 0. The average molecular weight is 396 g/mol. The number of aromatic amines is 1. The van der Waals surface area contributed by atoms with Crippen molar-refractivity contribution in [3.63, 3.8) is 0 Å². The summed E-state index contributed by atoms with van der Waals surface area (Å²) in [6.45, 7) is 2.40. The third-order valence-corrected chi connectivity index (χ3v) is 5.66. The highest BCUT2D eigenvalue weighted by atomic mass is 16.1. The lowest BCUT2D eigenvalue weighted by Crippen LogP contribution is -2.25. The second-order valence-electron chi connectivity index (χ2n) is 7.76. The zero-order chi connectivity index (χ0) is 20.3. The monoisotopic (exact) mass is 396 g/mol. The van der Waals surface area contributed by atoms with Crippen molar-refractivity contribution in [3.8, 4) is 0 Å². The van der Waals surface area contributed by atoms with Crippen LogP contribution in [0, 0.1) is 0 Å². The molecule has 0 spiro atoms. The topological polar surface area (TPSA) is 61.0 Å². The van der Waals surface area contributed by atoms with Crippen LogP contribution in [0.4, 0.5) is 11.4 Å². The summed E-state index contributed by atoms with van der Waals surface area (Å²) in [5, 5.41) is 3.61. The van der Waals surface area contributed by atoms with Crippen LogP contribution < -0.4 is 10.2 Å². The first-order valence-corrected chi connectivity index (χ1v) is 10.4. The minimum absolute atomic E-state index is 0.669. The van der Waals surface area contributed by atoms with Gasteiger partial charge in [-0.25, -0.2) is 4.98 Å². The lowest BCUT2D eigenvalue weighted by molar-refractivity contribution is 0.112. The molecule has 2 heterocycles. The number of benzene rings is 3. The van der Waals surface area contributed by atoms with Crippen molar-refractivity contribution < 1.29 is 4.79 Å². The molecule has 150 valence electrons. The number of carbonyl (C=O) groups excluding carboxylic acids is 1. The molecule has 5 rings (SSSR count). The van der Waals surface area contributed by atoms with Gasteiger partial charge in [0.05, 0.1) is 29.0 Å². The van der Waals surface area contributed by atoms with Crippen LogP contribution in [0.3, 0.4) is 0 Å². The minimum Gasteiger partial charge on any atom is -0.383 e. The van der Waals surface area contributed by atoms with Gasteiger partial charge in [-0.3, -0.25) is 4.79 Å². The number of H-pyrrole nitrogens is 1. The third kappa shape index (κ3) is 3.66. The van der Waals surface area contributed by atoms with Crippen molar-refractivity contribution in [1.82, 2.24) is 9.97 Å². The molecule has 1 aliphatic rings. The predicted octanol–water partition coefficient (Wildman–Crippen LogP) is 4.94. The van der Waals surface area contributed by atoms with Crippen LogP contribution in [-0.4, -0.2) is 22.8 Å². The maximum Gasteiger partial charge on any atom is 0.150 e. The van der Waals surface area contributed by atoms with Crippen LogP contribution in [0.15, 0.2) is 66.7 Å². The van der Waals surface area contributed by atoms with Gasteiger partial charge >= 0.3 is 0 Å². The number of imidazole rings is 1. The van der Waals surface area contributed by atoms with Gasteiger partial charge in [0.1, 0.15) is 12.1 Å². The highest BCUT2D eigenvalue weighted by Gasteiger charge is 2.19. The van der Waals surface area contributed by atoms with Crippen LogP contribution in [0.1, 0.15) is 33.7 Å². The van der Waals surface area contributed by atoms with Gasteiger partial charge in [0, 0.05) is 18.7 Å². The van der Waals surface area contributed by atoms with Gasteiger partial charge in [-0.05, 0) is 42.2 Å². The summed E-state index contributed by atoms with van der Waals surface area (Å²) >= 11 is 0. The van der Waals surface area contributed by atoms with Crippen molar-refractivity contribution in [2.45, 2.75) is 25.9 Å². The number of aldehydes is 1. The number of hydrogen-bond donors (Lipinski definition) is 2. The molecule has 2 N–H and O–H groups in total. The molecular formula is C25H24N4O. The van der Waals surface area contributed by atoms with Crippen molar-refractivity contribution in [2.24, 2.45) is 0 Å². The molecule has 5 heteroatoms. The Kier molecular flexibility index (Phi) is 4.93. The Morgan fingerprint density at radius 1 is 0.967 bits per heavy atom. The van der Waals surface area contributed by atoms with Gasteiger partial charge in [0.15, 0.2) is 0 Å². The molecule has 0 fully saturated rings. The van der Waals surface area contributed by atoms with Gasteiger partial charge < -0.3 is 15.2 Å². The molecular weight excluding hydrogens is 372 g/mol. The van der Waals surface area contributed by atoms with E-state index in [2.05, 4.69) is 39.5 Å². The van der Waals surface area contributed by atoms with E-state index >= 15 is 0 Å². The Hall–Kier alpha value is -3.60. The van der Waals surface area contributed by atoms with Gasteiger partial charge in [-0.2, -0.15) is 0 Å². The van der Waals surface area contributed by atoms with E-state index in [9.17, 15) is 4.79 Å². The number of aromatic nitrogens is 2. The van der Waals surface area contributed by atoms with E-state index in [0.717, 1.165) is 54.6 Å². The largest absolute Gasteiger partial charge is 0.383 e. The Morgan fingerprint density at radius 2 is 1.83 bits per heavy atom. The first kappa shape index (κ1) is 18.4. The van der Waals surface area contributed by atoms with E-state index < -0.39 is 0 Å². The normalized spacial score (nSPS) is 12.9. The zero-order valence-corrected chi connectivity index (χ0v) is 16.8. The first-order valence-electron chi connectivity index (χ1n) is 10.4. The summed E-state index contributed by atoms with van der Waals surface area (Å²) in [6, 6.07) is 22.5. The minimum atomic E-state index is 0.669. The summed E-state index contributed by atoms with van der Waals surface area (Å²) in [6.07, 6.45) is 3.14. The standard InChI is InChI=1S/C25H24N4O/c30-17-19-12-10-18(11-13-19)15-29(16-24-27-21-7-1-2-8-22(21)28-24)23-9-3-5-20-6-4-14-26-25(20)23/h1-3,5,7-13,17,26H,4,6,14-16H2,(H,27,28). The number of carbonyl (C=O) groups is 1. The maximum absolute atomic E-state index is 11.0. The van der Waals surface area contributed by atoms with Crippen LogP contribution in [-0.2, 0) is 19.5 Å². The zero-order valence-electron chi connectivity index (χ0n) is 16.8. The highest BCUT2D eigenvalue weighted by Crippen LogP contribution is 2.34. The smallest absolute Gasteiger partial charge is 0.150 e. The summed E-state index contributed by atoms with van der Waals surface area (Å²) in [5.74, 6) is 0.939. The second kappa shape index (κ2) is 8.03. The number of hydrogen-bond acceptors (Lipinski definition) is 4. The lowest BCUT2D eigenvalue weighted by atomic mass is 10.0. The number of rotatable bonds is 6. The number of fused-ring (bicyclic) bond motifs is 2. The van der Waals surface area contributed by atoms with Crippen LogP contribution in [0.2, 0.25) is 0 Å². The predicted molar refractivity (Wildman–Crippen MR) is 121 cm³/mol. The fraction of sp³-hybridized carbons (Fsp3) is 0.200. The molecule has 3 aromatic carbocycles. The van der Waals surface area contributed by atoms with E-state index in [1.165, 1.54) is 16.9 Å². The molecule has 0 aliphatic carbocycles. The lowest BCUT2D eigenvalue weighted by Gasteiger charge is -2.30. The molecule has 1 aliphatic heterocycles. The Morgan fingerprint density at radius 3 is 2.67 bits per heavy atom. The van der Waals surface area contributed by atoms with Crippen LogP contribution in [0.25, 0.3) is 11.0 Å². The van der Waals surface area contributed by atoms with E-state index in [-0.39, 0.29) is 0 Å². The molecule has 1 aromatic heterocycles. The summed E-state index contributed by atoms with van der Waals surface area (Å²) in [5.41, 5.74) is 7.67. The molecule has 5 nitrogen and oxygen atoms in total. The Labute approximate surface area is 175 Å². The highest BCUT2D eigenvalue weighted by molar-refractivity contribution is 5.77. The average Bonchev–Trinajstić information content (AvgIpc) is 3.21. The third-order valence-electron chi connectivity index (χ3n) is 5.66. The van der Waals surface area contributed by atoms with Gasteiger partial charge in [0.25, 0.3) is 0 Å². The number of nitrogens with one attached hydrogen (secondary N) is 2. The van der Waals surface area contributed by atoms with E-state index in [4.69, 9.17) is 4.98 Å². The fourth-order valence-electron chi connectivity index (χ4n) is 4.16. The Bertz CT molecular complexity index is 1150. The molecule has 0 amide bonds. The van der Waals surface area contributed by atoms with Crippen LogP contribution in [0.5, 0.6) is 0 Å². The maximum atomic E-state index is 11.0. The number of nitrogens with zero attached hydrogens (tertiary/aromatic N) is 2. The summed E-state index contributed by atoms with van der Waals surface area (Å²) in [4.78, 5) is 21.6. The van der Waals surface area contributed by atoms with Crippen molar-refractivity contribution in [3.05, 3.63) is 89.2 Å². The number of aryl methyl sites for hydroxylation is 1. The van der Waals surface area contributed by atoms with E-state index in [0.29, 0.717) is 12.1 Å². The van der Waals surface area contributed by atoms with Gasteiger partial charge in [-0.1, -0.05) is 48.5 Å². The molecule has 4 aromatic rings. The molecule has 0 atom stereocenters. The van der Waals surface area contributed by atoms with Gasteiger partial charge in [-0.15, -0.1) is 0 Å². The van der Waals surface area contributed by atoms with Crippen molar-refractivity contribution in [2.75, 3.05) is 16.8 Å². The number of anilines is 2. The van der Waals surface area contributed by atoms with Crippen LogP contribution >= 0.6 is 0 Å². The molecule has 0 saturated carbocycles. The molecule has 0 unspecified atom stereocenters. The van der Waals surface area contributed by atoms with E-state index in [1.54, 1.807) is 0 Å². The fourth-order valence-corrected chi connectivity index (χ4v) is 4.16. The SMILES string of the molecule is O=Cc1ccc(CN(Cc2nc3ccccc3[nH]2)c2cccc3c2NCCC3)cc1. The van der Waals surface area contributed by atoms with E-state index in [1.807, 2.05) is 42.5 Å². The van der Waals surface area contributed by atoms with Crippen molar-refractivity contribution in [1.29, 1.82) is 0 Å². The Balaban J connectivity index is 1.52. The molecule has 0 bridgehead atoms. The number of para-hydroxylation sites is 3. The quantitative estimate of drug-likeness (QED) is 0.453. The van der Waals surface area contributed by atoms with Gasteiger partial charge in [0.2, 0.25) is 0 Å². The molecule has 0 radical (unpaired) electrons.